The molecule has 1 amide bonds. The van der Waals surface area contributed by atoms with Crippen LogP contribution >= 0.6 is 0 Å². The molecule has 0 saturated heterocycles. The third kappa shape index (κ3) is 4.40. The first-order chi connectivity index (χ1) is 8.15. The summed E-state index contributed by atoms with van der Waals surface area (Å²) in [5.41, 5.74) is 1.38. The van der Waals surface area contributed by atoms with Gasteiger partial charge in [-0.3, -0.25) is 9.78 Å². The van der Waals surface area contributed by atoms with Crippen LogP contribution in [-0.2, 0) is 0 Å². The van der Waals surface area contributed by atoms with Crippen molar-refractivity contribution in [2.24, 2.45) is 0 Å². The smallest absolute Gasteiger partial charge is 0.254 e. The van der Waals surface area contributed by atoms with Gasteiger partial charge in [-0.25, -0.2) is 0 Å². The molecular weight excluding hydrogens is 216 g/mol. The van der Waals surface area contributed by atoms with Crippen LogP contribution in [0.4, 0.5) is 5.69 Å². The SMILES string of the molecule is CNc1ccncc1C(=O)NCCCN(C)C. The molecule has 0 aliphatic carbocycles. The summed E-state index contributed by atoms with van der Waals surface area (Å²) in [6, 6.07) is 1.79. The van der Waals surface area contributed by atoms with E-state index in [1.807, 2.05) is 14.1 Å². The molecule has 0 atom stereocenters. The highest BCUT2D eigenvalue weighted by Gasteiger charge is 2.09. The van der Waals surface area contributed by atoms with Crippen LogP contribution in [0.2, 0.25) is 0 Å². The van der Waals surface area contributed by atoms with E-state index < -0.39 is 0 Å². The Balaban J connectivity index is 2.47. The van der Waals surface area contributed by atoms with Gasteiger partial charge < -0.3 is 15.5 Å². The molecule has 0 aliphatic rings. The van der Waals surface area contributed by atoms with Crippen LogP contribution in [0.25, 0.3) is 0 Å². The zero-order valence-electron chi connectivity index (χ0n) is 10.7. The Kier molecular flexibility index (Phi) is 5.42. The molecule has 5 heteroatoms. The lowest BCUT2D eigenvalue weighted by atomic mass is 10.2. The van der Waals surface area contributed by atoms with Crippen molar-refractivity contribution in [3.8, 4) is 0 Å². The zero-order chi connectivity index (χ0) is 12.7. The largest absolute Gasteiger partial charge is 0.387 e. The number of hydrogen-bond acceptors (Lipinski definition) is 4. The van der Waals surface area contributed by atoms with E-state index >= 15 is 0 Å². The molecule has 0 unspecified atom stereocenters. The topological polar surface area (TPSA) is 57.3 Å². The van der Waals surface area contributed by atoms with E-state index in [0.717, 1.165) is 18.7 Å². The zero-order valence-corrected chi connectivity index (χ0v) is 10.7. The van der Waals surface area contributed by atoms with E-state index in [4.69, 9.17) is 0 Å². The third-order valence-corrected chi connectivity index (χ3v) is 2.40. The molecule has 94 valence electrons. The third-order valence-electron chi connectivity index (χ3n) is 2.40. The van der Waals surface area contributed by atoms with E-state index in [9.17, 15) is 4.79 Å². The van der Waals surface area contributed by atoms with E-state index in [1.165, 1.54) is 0 Å². The molecule has 1 heterocycles. The van der Waals surface area contributed by atoms with Crippen LogP contribution in [0.3, 0.4) is 0 Å². The second-order valence-corrected chi connectivity index (χ2v) is 4.08. The molecule has 0 aromatic carbocycles. The Labute approximate surface area is 102 Å². The van der Waals surface area contributed by atoms with Gasteiger partial charge in [-0.2, -0.15) is 0 Å². The average Bonchev–Trinajstić information content (AvgIpc) is 2.34. The Morgan fingerprint density at radius 3 is 2.88 bits per heavy atom. The van der Waals surface area contributed by atoms with Gasteiger partial charge in [0.15, 0.2) is 0 Å². The predicted molar refractivity (Wildman–Crippen MR) is 69.3 cm³/mol. The minimum atomic E-state index is -0.0822. The van der Waals surface area contributed by atoms with Crippen LogP contribution in [0.1, 0.15) is 16.8 Å². The highest BCUT2D eigenvalue weighted by atomic mass is 16.1. The van der Waals surface area contributed by atoms with Crippen molar-refractivity contribution in [3.05, 3.63) is 24.0 Å². The fourth-order valence-corrected chi connectivity index (χ4v) is 1.49. The number of aromatic nitrogens is 1. The number of rotatable bonds is 6. The molecule has 5 nitrogen and oxygen atoms in total. The number of hydrogen-bond donors (Lipinski definition) is 2. The lowest BCUT2D eigenvalue weighted by Crippen LogP contribution is -2.27. The molecule has 0 radical (unpaired) electrons. The first kappa shape index (κ1) is 13.4. The lowest BCUT2D eigenvalue weighted by Gasteiger charge is -2.11. The number of nitrogens with one attached hydrogen (secondary N) is 2. The summed E-state index contributed by atoms with van der Waals surface area (Å²) in [5.74, 6) is -0.0822. The number of nitrogens with zero attached hydrogens (tertiary/aromatic N) is 2. The van der Waals surface area contributed by atoms with Gasteiger partial charge in [-0.15, -0.1) is 0 Å². The number of carbonyl (C=O) groups is 1. The number of amides is 1. The molecule has 0 fully saturated rings. The lowest BCUT2D eigenvalue weighted by molar-refractivity contribution is 0.0953. The van der Waals surface area contributed by atoms with Gasteiger partial charge in [-0.1, -0.05) is 0 Å². The van der Waals surface area contributed by atoms with E-state index in [0.29, 0.717) is 12.1 Å². The van der Waals surface area contributed by atoms with Crippen LogP contribution in [0.15, 0.2) is 18.5 Å². The van der Waals surface area contributed by atoms with Gasteiger partial charge in [0.2, 0.25) is 0 Å². The molecule has 0 aliphatic heterocycles. The van der Waals surface area contributed by atoms with Crippen LogP contribution in [0, 0.1) is 0 Å². The molecule has 0 saturated carbocycles. The maximum Gasteiger partial charge on any atom is 0.254 e. The van der Waals surface area contributed by atoms with Gasteiger partial charge >= 0.3 is 0 Å². The minimum Gasteiger partial charge on any atom is -0.387 e. The summed E-state index contributed by atoms with van der Waals surface area (Å²) < 4.78 is 0. The fourth-order valence-electron chi connectivity index (χ4n) is 1.49. The van der Waals surface area contributed by atoms with Gasteiger partial charge in [-0.05, 0) is 33.1 Å². The van der Waals surface area contributed by atoms with Crippen molar-refractivity contribution >= 4 is 11.6 Å². The van der Waals surface area contributed by atoms with Gasteiger partial charge in [0.1, 0.15) is 0 Å². The maximum absolute atomic E-state index is 11.9. The summed E-state index contributed by atoms with van der Waals surface area (Å²) in [6.45, 7) is 1.64. The Morgan fingerprint density at radius 1 is 1.47 bits per heavy atom. The number of anilines is 1. The summed E-state index contributed by atoms with van der Waals surface area (Å²) >= 11 is 0. The molecule has 1 aromatic heterocycles. The monoisotopic (exact) mass is 236 g/mol. The van der Waals surface area contributed by atoms with Crippen molar-refractivity contribution in [2.45, 2.75) is 6.42 Å². The Morgan fingerprint density at radius 2 is 2.24 bits per heavy atom. The van der Waals surface area contributed by atoms with Crippen LogP contribution in [0.5, 0.6) is 0 Å². The summed E-state index contributed by atoms with van der Waals surface area (Å²) in [5, 5.41) is 5.86. The minimum absolute atomic E-state index is 0.0822. The van der Waals surface area contributed by atoms with Crippen molar-refractivity contribution in [3.63, 3.8) is 0 Å². The molecule has 2 N–H and O–H groups in total. The van der Waals surface area contributed by atoms with Crippen LogP contribution < -0.4 is 10.6 Å². The Hall–Kier alpha value is -1.62. The molecule has 0 spiro atoms. The summed E-state index contributed by atoms with van der Waals surface area (Å²) in [4.78, 5) is 17.9. The van der Waals surface area contributed by atoms with Gasteiger partial charge in [0, 0.05) is 31.7 Å². The van der Waals surface area contributed by atoms with Gasteiger partial charge in [0.25, 0.3) is 5.91 Å². The molecule has 0 bridgehead atoms. The second kappa shape index (κ2) is 6.85. The van der Waals surface area contributed by atoms with E-state index in [-0.39, 0.29) is 5.91 Å². The first-order valence-electron chi connectivity index (χ1n) is 5.70. The highest BCUT2D eigenvalue weighted by molar-refractivity contribution is 5.99. The van der Waals surface area contributed by atoms with Gasteiger partial charge in [0.05, 0.1) is 5.56 Å². The van der Waals surface area contributed by atoms with Crippen molar-refractivity contribution in [1.82, 2.24) is 15.2 Å². The summed E-state index contributed by atoms with van der Waals surface area (Å²) in [6.07, 6.45) is 4.18. The first-order valence-corrected chi connectivity index (χ1v) is 5.70. The quantitative estimate of drug-likeness (QED) is 0.718. The standard InChI is InChI=1S/C12H20N4O/c1-13-11-5-7-14-9-10(11)12(17)15-6-4-8-16(2)3/h5,7,9H,4,6,8H2,1-3H3,(H,13,14)(H,15,17). The molecule has 1 rings (SSSR count). The van der Waals surface area contributed by atoms with Crippen molar-refractivity contribution in [1.29, 1.82) is 0 Å². The van der Waals surface area contributed by atoms with Crippen LogP contribution in [-0.4, -0.2) is 50.0 Å². The van der Waals surface area contributed by atoms with Crippen molar-refractivity contribution < 1.29 is 4.79 Å². The molecular formula is C12H20N4O. The number of pyridine rings is 1. The van der Waals surface area contributed by atoms with Crippen molar-refractivity contribution in [2.75, 3.05) is 39.5 Å². The highest BCUT2D eigenvalue weighted by Crippen LogP contribution is 2.11. The Bertz CT molecular complexity index is 365. The van der Waals surface area contributed by atoms with E-state index in [2.05, 4.69) is 20.5 Å². The maximum atomic E-state index is 11.9. The molecule has 17 heavy (non-hydrogen) atoms. The average molecular weight is 236 g/mol. The van der Waals surface area contributed by atoms with E-state index in [1.54, 1.807) is 25.5 Å². The summed E-state index contributed by atoms with van der Waals surface area (Å²) in [7, 11) is 5.82. The normalized spacial score (nSPS) is 10.4. The fraction of sp³-hybridized carbons (Fsp3) is 0.500. The molecule has 1 aromatic rings. The number of carbonyl (C=O) groups excluding carboxylic acids is 1. The predicted octanol–water partition coefficient (Wildman–Crippen LogP) is 0.805. The second-order valence-electron chi connectivity index (χ2n) is 4.08.